The van der Waals surface area contributed by atoms with Crippen molar-refractivity contribution in [3.8, 4) is 26.8 Å². The first-order valence-electron chi connectivity index (χ1n) is 16.6. The Balaban J connectivity index is 1.24. The average molecular weight is 633 g/mol. The molecule has 0 unspecified atom stereocenters. The molecule has 2 nitrogen and oxygen atoms in total. The van der Waals surface area contributed by atoms with Gasteiger partial charge < -0.3 is 0 Å². The maximum absolute atomic E-state index is 5.52. The molecule has 228 valence electrons. The van der Waals surface area contributed by atoms with Gasteiger partial charge in [0.2, 0.25) is 0 Å². The molecule has 0 N–H and O–H groups in total. The Morgan fingerprint density at radius 2 is 1.10 bits per heavy atom. The summed E-state index contributed by atoms with van der Waals surface area (Å²) in [5.41, 5.74) is 5.98. The standard InChI is InChI=1S/C45H32N2S/c1-45(2,3)30-19-21-31(22-20-30)47-43-37-14-7-5-12-33(37)32-11-4-6-13-36(32)42(43)46-44(47)39-26-25-38(48-39)34-23-17-29-16-15-27-9-8-10-28-18-24-35(34)41(29)40(27)28/h4-26H,1-3H3. The molecular weight excluding hydrogens is 601 g/mol. The first-order valence-corrected chi connectivity index (χ1v) is 17.5. The first kappa shape index (κ1) is 27.6. The molecule has 0 aliphatic heterocycles. The van der Waals surface area contributed by atoms with Gasteiger partial charge in [-0.1, -0.05) is 136 Å². The Kier molecular flexibility index (Phi) is 5.75. The molecular formula is C45H32N2S. The summed E-state index contributed by atoms with van der Waals surface area (Å²) in [5, 5.41) is 12.8. The number of benzene rings is 8. The monoisotopic (exact) mass is 632 g/mol. The van der Waals surface area contributed by atoms with E-state index in [2.05, 4.69) is 165 Å². The van der Waals surface area contributed by atoms with E-state index >= 15 is 0 Å². The van der Waals surface area contributed by atoms with Crippen LogP contribution in [0.1, 0.15) is 26.3 Å². The van der Waals surface area contributed by atoms with E-state index in [1.54, 1.807) is 0 Å². The molecule has 3 heteroatoms. The fraction of sp³-hybridized carbons (Fsp3) is 0.0889. The predicted octanol–water partition coefficient (Wildman–Crippen LogP) is 12.9. The molecule has 0 bridgehead atoms. The van der Waals surface area contributed by atoms with Gasteiger partial charge >= 0.3 is 0 Å². The molecule has 10 rings (SSSR count). The van der Waals surface area contributed by atoms with Crippen LogP contribution < -0.4 is 0 Å². The topological polar surface area (TPSA) is 17.8 Å². The molecule has 8 aromatic carbocycles. The Hall–Kier alpha value is -5.51. The van der Waals surface area contributed by atoms with Gasteiger partial charge in [-0.2, -0.15) is 0 Å². The molecule has 0 aliphatic rings. The summed E-state index contributed by atoms with van der Waals surface area (Å²) < 4.78 is 2.40. The van der Waals surface area contributed by atoms with Crippen LogP contribution in [0.15, 0.2) is 140 Å². The van der Waals surface area contributed by atoms with E-state index in [4.69, 9.17) is 4.98 Å². The van der Waals surface area contributed by atoms with Crippen LogP contribution in [0.3, 0.4) is 0 Å². The van der Waals surface area contributed by atoms with Crippen LogP contribution in [0.2, 0.25) is 0 Å². The lowest BCUT2D eigenvalue weighted by Crippen LogP contribution is -2.11. The number of hydrogen-bond donors (Lipinski definition) is 0. The normalized spacial score (nSPS) is 12.5. The zero-order valence-electron chi connectivity index (χ0n) is 27.1. The highest BCUT2D eigenvalue weighted by atomic mass is 32.1. The van der Waals surface area contributed by atoms with E-state index < -0.39 is 0 Å². The quantitative estimate of drug-likeness (QED) is 0.177. The van der Waals surface area contributed by atoms with Crippen LogP contribution in [0, 0.1) is 0 Å². The highest BCUT2D eigenvalue weighted by Crippen LogP contribution is 2.45. The van der Waals surface area contributed by atoms with Gasteiger partial charge in [0.15, 0.2) is 5.82 Å². The van der Waals surface area contributed by atoms with E-state index in [0.29, 0.717) is 0 Å². The lowest BCUT2D eigenvalue weighted by Gasteiger charge is -2.20. The number of nitrogens with zero attached hydrogens (tertiary/aromatic N) is 2. The SMILES string of the molecule is CC(C)(C)c1ccc(-n2c(-c3ccc(-c4ccc5ccc6cccc7ccc4c5c67)s3)nc3c4ccccc4c4ccccc4c32)cc1. The molecule has 0 aliphatic carbocycles. The fourth-order valence-electron chi connectivity index (χ4n) is 7.79. The van der Waals surface area contributed by atoms with E-state index in [1.165, 1.54) is 69.9 Å². The Labute approximate surface area is 282 Å². The highest BCUT2D eigenvalue weighted by molar-refractivity contribution is 7.18. The summed E-state index contributed by atoms with van der Waals surface area (Å²) >= 11 is 1.83. The Morgan fingerprint density at radius 1 is 0.500 bits per heavy atom. The van der Waals surface area contributed by atoms with Crippen molar-refractivity contribution >= 4 is 76.2 Å². The molecule has 0 amide bonds. The summed E-state index contributed by atoms with van der Waals surface area (Å²) in [6.07, 6.45) is 0. The summed E-state index contributed by atoms with van der Waals surface area (Å²) in [6, 6.07) is 51.4. The molecule has 48 heavy (non-hydrogen) atoms. The van der Waals surface area contributed by atoms with Gasteiger partial charge in [0, 0.05) is 21.3 Å². The molecule has 0 saturated heterocycles. The van der Waals surface area contributed by atoms with Gasteiger partial charge in [-0.3, -0.25) is 4.57 Å². The molecule has 0 radical (unpaired) electrons. The highest BCUT2D eigenvalue weighted by Gasteiger charge is 2.23. The van der Waals surface area contributed by atoms with Crippen molar-refractivity contribution in [3.63, 3.8) is 0 Å². The lowest BCUT2D eigenvalue weighted by molar-refractivity contribution is 0.590. The summed E-state index contributed by atoms with van der Waals surface area (Å²) in [7, 11) is 0. The van der Waals surface area contributed by atoms with Crippen LogP contribution in [0.5, 0.6) is 0 Å². The maximum Gasteiger partial charge on any atom is 0.155 e. The third-order valence-electron chi connectivity index (χ3n) is 10.1. The van der Waals surface area contributed by atoms with E-state index in [1.807, 2.05) is 11.3 Å². The first-order chi connectivity index (χ1) is 23.4. The number of thiophene rings is 1. The van der Waals surface area contributed by atoms with E-state index in [9.17, 15) is 0 Å². The van der Waals surface area contributed by atoms with Gasteiger partial charge in [0.25, 0.3) is 0 Å². The van der Waals surface area contributed by atoms with Gasteiger partial charge in [-0.25, -0.2) is 4.98 Å². The van der Waals surface area contributed by atoms with Crippen molar-refractivity contribution < 1.29 is 0 Å². The summed E-state index contributed by atoms with van der Waals surface area (Å²) in [6.45, 7) is 6.81. The average Bonchev–Trinajstić information content (AvgIpc) is 3.77. The third-order valence-corrected chi connectivity index (χ3v) is 11.3. The van der Waals surface area contributed by atoms with Crippen molar-refractivity contribution in [2.24, 2.45) is 0 Å². The van der Waals surface area contributed by atoms with Crippen LogP contribution in [-0.4, -0.2) is 9.55 Å². The maximum atomic E-state index is 5.52. The number of rotatable bonds is 3. The molecule has 2 aromatic heterocycles. The largest absolute Gasteiger partial charge is 0.291 e. The minimum absolute atomic E-state index is 0.0740. The Bertz CT molecular complexity index is 2850. The number of hydrogen-bond acceptors (Lipinski definition) is 2. The lowest BCUT2D eigenvalue weighted by atomic mass is 9.87. The van der Waals surface area contributed by atoms with Crippen LogP contribution in [-0.2, 0) is 5.41 Å². The zero-order chi connectivity index (χ0) is 32.1. The van der Waals surface area contributed by atoms with Crippen molar-refractivity contribution in [2.45, 2.75) is 26.2 Å². The number of imidazole rings is 1. The minimum Gasteiger partial charge on any atom is -0.291 e. The number of fused-ring (bicyclic) bond motifs is 6. The third kappa shape index (κ3) is 3.95. The fourth-order valence-corrected chi connectivity index (χ4v) is 8.81. The minimum atomic E-state index is 0.0740. The van der Waals surface area contributed by atoms with Gasteiger partial charge in [0.1, 0.15) is 0 Å². The van der Waals surface area contributed by atoms with Crippen molar-refractivity contribution in [3.05, 3.63) is 145 Å². The van der Waals surface area contributed by atoms with E-state index in [-0.39, 0.29) is 5.41 Å². The van der Waals surface area contributed by atoms with Gasteiger partial charge in [-0.15, -0.1) is 11.3 Å². The molecule has 0 fully saturated rings. The predicted molar refractivity (Wildman–Crippen MR) is 207 cm³/mol. The molecule has 0 atom stereocenters. The summed E-state index contributed by atoms with van der Waals surface area (Å²) in [4.78, 5) is 7.92. The molecule has 10 aromatic rings. The molecule has 2 heterocycles. The smallest absolute Gasteiger partial charge is 0.155 e. The van der Waals surface area contributed by atoms with Gasteiger partial charge in [0.05, 0.1) is 15.9 Å². The summed E-state index contributed by atoms with van der Waals surface area (Å²) in [5.74, 6) is 0.976. The van der Waals surface area contributed by atoms with Crippen molar-refractivity contribution in [1.29, 1.82) is 0 Å². The second-order valence-electron chi connectivity index (χ2n) is 14.0. The van der Waals surface area contributed by atoms with E-state index in [0.717, 1.165) is 27.4 Å². The van der Waals surface area contributed by atoms with Gasteiger partial charge in [-0.05, 0) is 83.9 Å². The van der Waals surface area contributed by atoms with Crippen LogP contribution >= 0.6 is 11.3 Å². The van der Waals surface area contributed by atoms with Crippen LogP contribution in [0.4, 0.5) is 0 Å². The molecule has 0 spiro atoms. The zero-order valence-corrected chi connectivity index (χ0v) is 27.9. The van der Waals surface area contributed by atoms with Crippen molar-refractivity contribution in [2.75, 3.05) is 0 Å². The second kappa shape index (κ2) is 10.00. The molecule has 0 saturated carbocycles. The second-order valence-corrected chi connectivity index (χ2v) is 15.1. The van der Waals surface area contributed by atoms with Crippen LogP contribution in [0.25, 0.3) is 91.7 Å². The Morgan fingerprint density at radius 3 is 1.83 bits per heavy atom. The van der Waals surface area contributed by atoms with Crippen molar-refractivity contribution in [1.82, 2.24) is 9.55 Å². The number of aromatic nitrogens is 2.